The van der Waals surface area contributed by atoms with E-state index < -0.39 is 11.8 Å². The molecule has 0 radical (unpaired) electrons. The molecular weight excluding hydrogens is 461 g/mol. The summed E-state index contributed by atoms with van der Waals surface area (Å²) in [7, 11) is 0. The van der Waals surface area contributed by atoms with Gasteiger partial charge in [-0.3, -0.25) is 14.4 Å². The van der Waals surface area contributed by atoms with Gasteiger partial charge in [-0.25, -0.2) is 14.4 Å². The van der Waals surface area contributed by atoms with E-state index in [2.05, 4.69) is 20.6 Å². The minimum absolute atomic E-state index is 0.0520. The zero-order valence-electron chi connectivity index (χ0n) is 20.7. The first-order valence-electron chi connectivity index (χ1n) is 11.8. The SMILES string of the molecule is CCN(CC)C(=O)Cc1ccc(CNC(=O)c2cc(C(=O)NCc3ccc(F)c(C)c3)ncn2)cc1. The van der Waals surface area contributed by atoms with Crippen molar-refractivity contribution < 1.29 is 18.8 Å². The minimum atomic E-state index is -0.469. The van der Waals surface area contributed by atoms with Gasteiger partial charge in [0.05, 0.1) is 6.42 Å². The average molecular weight is 492 g/mol. The number of hydrogen-bond donors (Lipinski definition) is 2. The van der Waals surface area contributed by atoms with Gasteiger partial charge in [0, 0.05) is 32.2 Å². The summed E-state index contributed by atoms with van der Waals surface area (Å²) in [6, 6.07) is 13.4. The number of aryl methyl sites for hydroxylation is 1. The Kier molecular flexibility index (Phi) is 9.21. The van der Waals surface area contributed by atoms with E-state index in [9.17, 15) is 18.8 Å². The van der Waals surface area contributed by atoms with Crippen LogP contribution in [0.2, 0.25) is 0 Å². The van der Waals surface area contributed by atoms with Gasteiger partial charge in [-0.05, 0) is 49.1 Å². The van der Waals surface area contributed by atoms with Gasteiger partial charge < -0.3 is 15.5 Å². The molecule has 3 amide bonds. The number of likely N-dealkylation sites (N-methyl/N-ethyl adjacent to an activating group) is 1. The van der Waals surface area contributed by atoms with Crippen molar-refractivity contribution >= 4 is 17.7 Å². The van der Waals surface area contributed by atoms with E-state index in [0.717, 1.165) is 23.0 Å². The van der Waals surface area contributed by atoms with Crippen LogP contribution in [0.25, 0.3) is 0 Å². The van der Waals surface area contributed by atoms with E-state index in [1.807, 2.05) is 38.1 Å². The smallest absolute Gasteiger partial charge is 0.270 e. The lowest BCUT2D eigenvalue weighted by atomic mass is 10.1. The number of aromatic nitrogens is 2. The van der Waals surface area contributed by atoms with Crippen molar-refractivity contribution in [1.29, 1.82) is 0 Å². The Morgan fingerprint density at radius 1 is 0.806 bits per heavy atom. The fourth-order valence-corrected chi connectivity index (χ4v) is 3.61. The summed E-state index contributed by atoms with van der Waals surface area (Å²) in [4.78, 5) is 47.0. The number of amides is 3. The van der Waals surface area contributed by atoms with Gasteiger partial charge in [-0.1, -0.05) is 36.4 Å². The third-order valence-electron chi connectivity index (χ3n) is 5.76. The molecule has 0 bridgehead atoms. The van der Waals surface area contributed by atoms with Crippen molar-refractivity contribution in [3.05, 3.63) is 94.3 Å². The van der Waals surface area contributed by atoms with Gasteiger partial charge in [-0.2, -0.15) is 0 Å². The molecule has 188 valence electrons. The van der Waals surface area contributed by atoms with Crippen LogP contribution in [0.5, 0.6) is 0 Å². The highest BCUT2D eigenvalue weighted by atomic mass is 19.1. The lowest BCUT2D eigenvalue weighted by Crippen LogP contribution is -2.31. The molecule has 3 rings (SSSR count). The maximum atomic E-state index is 13.4. The topological polar surface area (TPSA) is 104 Å². The molecule has 2 aromatic carbocycles. The molecule has 2 N–H and O–H groups in total. The number of nitrogens with zero attached hydrogens (tertiary/aromatic N) is 3. The highest BCUT2D eigenvalue weighted by molar-refractivity contribution is 5.97. The molecule has 0 saturated carbocycles. The summed E-state index contributed by atoms with van der Waals surface area (Å²) in [6.45, 7) is 7.38. The van der Waals surface area contributed by atoms with Gasteiger partial charge >= 0.3 is 0 Å². The molecule has 8 nitrogen and oxygen atoms in total. The Bertz CT molecular complexity index is 1230. The van der Waals surface area contributed by atoms with E-state index in [-0.39, 0.29) is 36.2 Å². The van der Waals surface area contributed by atoms with E-state index in [1.54, 1.807) is 24.0 Å². The molecule has 0 aliphatic carbocycles. The largest absolute Gasteiger partial charge is 0.347 e. The van der Waals surface area contributed by atoms with E-state index >= 15 is 0 Å². The molecule has 0 saturated heterocycles. The molecule has 0 fully saturated rings. The third-order valence-corrected chi connectivity index (χ3v) is 5.76. The minimum Gasteiger partial charge on any atom is -0.347 e. The van der Waals surface area contributed by atoms with E-state index in [4.69, 9.17) is 0 Å². The zero-order chi connectivity index (χ0) is 26.1. The Morgan fingerprint density at radius 2 is 1.33 bits per heavy atom. The maximum Gasteiger partial charge on any atom is 0.270 e. The maximum absolute atomic E-state index is 13.4. The molecular formula is C27H30FN5O3. The van der Waals surface area contributed by atoms with Crippen LogP contribution >= 0.6 is 0 Å². The van der Waals surface area contributed by atoms with Crippen molar-refractivity contribution in [3.8, 4) is 0 Å². The summed E-state index contributed by atoms with van der Waals surface area (Å²) in [6.07, 6.45) is 1.49. The summed E-state index contributed by atoms with van der Waals surface area (Å²) < 4.78 is 13.4. The van der Waals surface area contributed by atoms with Crippen LogP contribution in [0.4, 0.5) is 4.39 Å². The number of benzene rings is 2. The molecule has 0 atom stereocenters. The lowest BCUT2D eigenvalue weighted by molar-refractivity contribution is -0.130. The second-order valence-corrected chi connectivity index (χ2v) is 8.30. The second-order valence-electron chi connectivity index (χ2n) is 8.30. The number of halogens is 1. The summed E-state index contributed by atoms with van der Waals surface area (Å²) >= 11 is 0. The highest BCUT2D eigenvalue weighted by Crippen LogP contribution is 2.10. The fraction of sp³-hybridized carbons (Fsp3) is 0.296. The van der Waals surface area contributed by atoms with Crippen LogP contribution < -0.4 is 10.6 Å². The summed E-state index contributed by atoms with van der Waals surface area (Å²) in [5, 5.41) is 5.48. The van der Waals surface area contributed by atoms with E-state index in [1.165, 1.54) is 12.1 Å². The first kappa shape index (κ1) is 26.5. The lowest BCUT2D eigenvalue weighted by Gasteiger charge is -2.18. The molecule has 0 unspecified atom stereocenters. The van der Waals surface area contributed by atoms with Crippen LogP contribution in [0.3, 0.4) is 0 Å². The van der Waals surface area contributed by atoms with Gasteiger partial charge in [0.25, 0.3) is 11.8 Å². The Morgan fingerprint density at radius 3 is 1.89 bits per heavy atom. The Labute approximate surface area is 210 Å². The molecule has 3 aromatic rings. The molecule has 36 heavy (non-hydrogen) atoms. The molecule has 1 aromatic heterocycles. The van der Waals surface area contributed by atoms with Crippen molar-refractivity contribution in [2.75, 3.05) is 13.1 Å². The Hall–Kier alpha value is -4.14. The quantitative estimate of drug-likeness (QED) is 0.453. The normalized spacial score (nSPS) is 10.6. The predicted octanol–water partition coefficient (Wildman–Crippen LogP) is 3.20. The highest BCUT2D eigenvalue weighted by Gasteiger charge is 2.14. The zero-order valence-corrected chi connectivity index (χ0v) is 20.7. The molecule has 0 spiro atoms. The third kappa shape index (κ3) is 7.18. The number of carbonyl (C=O) groups excluding carboxylic acids is 3. The van der Waals surface area contributed by atoms with Crippen LogP contribution in [0, 0.1) is 12.7 Å². The van der Waals surface area contributed by atoms with Crippen molar-refractivity contribution in [2.45, 2.75) is 40.3 Å². The first-order valence-corrected chi connectivity index (χ1v) is 11.8. The van der Waals surface area contributed by atoms with Crippen LogP contribution in [0.15, 0.2) is 54.9 Å². The number of carbonyl (C=O) groups is 3. The van der Waals surface area contributed by atoms with Gasteiger partial charge in [0.1, 0.15) is 23.5 Å². The Balaban J connectivity index is 1.53. The van der Waals surface area contributed by atoms with Crippen molar-refractivity contribution in [1.82, 2.24) is 25.5 Å². The number of rotatable bonds is 10. The monoisotopic (exact) mass is 491 g/mol. The number of hydrogen-bond acceptors (Lipinski definition) is 5. The van der Waals surface area contributed by atoms with Gasteiger partial charge in [-0.15, -0.1) is 0 Å². The van der Waals surface area contributed by atoms with Crippen molar-refractivity contribution in [3.63, 3.8) is 0 Å². The average Bonchev–Trinajstić information content (AvgIpc) is 2.89. The fourth-order valence-electron chi connectivity index (χ4n) is 3.61. The molecule has 0 aliphatic heterocycles. The van der Waals surface area contributed by atoms with Crippen LogP contribution in [0.1, 0.15) is 57.1 Å². The van der Waals surface area contributed by atoms with Gasteiger partial charge in [0.15, 0.2) is 0 Å². The molecule has 0 aliphatic rings. The van der Waals surface area contributed by atoms with E-state index in [0.29, 0.717) is 25.1 Å². The number of nitrogens with one attached hydrogen (secondary N) is 2. The molecule has 1 heterocycles. The standard InChI is InChI=1S/C27H30FN5O3/c1-4-33(5-2)25(34)13-19-6-8-20(9-7-19)15-29-26(35)23-14-24(32-17-31-23)27(36)30-16-21-10-11-22(28)18(3)12-21/h6-12,14,17H,4-5,13,15-16H2,1-3H3,(H,29,35)(H,30,36). The predicted molar refractivity (Wildman–Crippen MR) is 134 cm³/mol. The first-order chi connectivity index (χ1) is 17.3. The molecule has 9 heteroatoms. The summed E-state index contributed by atoms with van der Waals surface area (Å²) in [5.41, 5.74) is 3.13. The second kappa shape index (κ2) is 12.5. The summed E-state index contributed by atoms with van der Waals surface area (Å²) in [5.74, 6) is -1.14. The van der Waals surface area contributed by atoms with Crippen molar-refractivity contribution in [2.24, 2.45) is 0 Å². The van der Waals surface area contributed by atoms with Gasteiger partial charge in [0.2, 0.25) is 5.91 Å². The van der Waals surface area contributed by atoms with Crippen LogP contribution in [-0.2, 0) is 24.3 Å². The van der Waals surface area contributed by atoms with Crippen LogP contribution in [-0.4, -0.2) is 45.7 Å².